The van der Waals surface area contributed by atoms with E-state index in [0.717, 1.165) is 18.3 Å². The van der Waals surface area contributed by atoms with Gasteiger partial charge in [-0.05, 0) is 97.7 Å². The summed E-state index contributed by atoms with van der Waals surface area (Å²) in [5, 5.41) is 0. The van der Waals surface area contributed by atoms with Crippen LogP contribution in [0.25, 0.3) is 0 Å². The van der Waals surface area contributed by atoms with Crippen LogP contribution in [-0.2, 0) is 0 Å². The van der Waals surface area contributed by atoms with Gasteiger partial charge in [-0.1, -0.05) is 192 Å². The van der Waals surface area contributed by atoms with Crippen LogP contribution in [0.15, 0.2) is 12.2 Å². The summed E-state index contributed by atoms with van der Waals surface area (Å²) in [5.74, 6) is 2.13. The molecule has 0 aromatic rings. The number of allylic oxidation sites excluding steroid dienone is 1. The van der Waals surface area contributed by atoms with Crippen LogP contribution < -0.4 is 5.73 Å². The normalized spacial score (nSPS) is 16.8. The van der Waals surface area contributed by atoms with Gasteiger partial charge in [-0.3, -0.25) is 0 Å². The summed E-state index contributed by atoms with van der Waals surface area (Å²) >= 11 is 0. The Balaban J connectivity index is 5.83. The molecule has 0 amide bonds. The maximum absolute atomic E-state index is 7.27. The summed E-state index contributed by atoms with van der Waals surface area (Å²) in [4.78, 5) is 0. The Morgan fingerprint density at radius 3 is 1.53 bits per heavy atom. The first kappa shape index (κ1) is 46.7. The Kier molecular flexibility index (Phi) is 23.1. The maximum atomic E-state index is 7.27. The van der Waals surface area contributed by atoms with Crippen molar-refractivity contribution in [2.45, 2.75) is 244 Å². The highest BCUT2D eigenvalue weighted by molar-refractivity contribution is 5.07. The minimum absolute atomic E-state index is 0.251. The van der Waals surface area contributed by atoms with Gasteiger partial charge in [0.2, 0.25) is 0 Å². The van der Waals surface area contributed by atoms with Crippen LogP contribution in [0.4, 0.5) is 0 Å². The second kappa shape index (κ2) is 23.2. The molecule has 47 heavy (non-hydrogen) atoms. The highest BCUT2D eigenvalue weighted by Crippen LogP contribution is 2.44. The molecule has 2 N–H and O–H groups in total. The molecule has 0 heterocycles. The van der Waals surface area contributed by atoms with E-state index in [-0.39, 0.29) is 11.0 Å². The third-order valence-corrected chi connectivity index (χ3v) is 11.8. The highest BCUT2D eigenvalue weighted by Gasteiger charge is 2.35. The van der Waals surface area contributed by atoms with E-state index in [4.69, 9.17) is 5.73 Å². The van der Waals surface area contributed by atoms with Crippen molar-refractivity contribution >= 4 is 0 Å². The van der Waals surface area contributed by atoms with Crippen molar-refractivity contribution in [3.05, 3.63) is 12.2 Å². The zero-order chi connectivity index (χ0) is 36.2. The summed E-state index contributed by atoms with van der Waals surface area (Å²) in [6, 6.07) is 0. The van der Waals surface area contributed by atoms with Crippen molar-refractivity contribution in [1.29, 1.82) is 0 Å². The minimum Gasteiger partial charge on any atom is -0.322 e. The molecule has 0 rings (SSSR count). The summed E-state index contributed by atoms with van der Waals surface area (Å²) in [6.07, 6.45) is 34.5. The molecule has 1 heteroatoms. The maximum Gasteiger partial charge on any atom is 0.0315 e. The van der Waals surface area contributed by atoms with E-state index in [1.807, 2.05) is 0 Å². The summed E-state index contributed by atoms with van der Waals surface area (Å²) in [6.45, 7) is 34.2. The Hall–Kier alpha value is -0.300. The Morgan fingerprint density at radius 1 is 0.532 bits per heavy atom. The van der Waals surface area contributed by atoms with E-state index >= 15 is 0 Å². The van der Waals surface area contributed by atoms with Gasteiger partial charge in [0.15, 0.2) is 0 Å². The fraction of sp³-hybridized carbons (Fsp3) is 0.957. The van der Waals surface area contributed by atoms with Gasteiger partial charge < -0.3 is 5.73 Å². The predicted molar refractivity (Wildman–Crippen MR) is 217 cm³/mol. The molecule has 0 bridgehead atoms. The quantitative estimate of drug-likeness (QED) is 0.0602. The highest BCUT2D eigenvalue weighted by atomic mass is 14.7. The molecular weight excluding hydrogens is 567 g/mol. The topological polar surface area (TPSA) is 26.0 Å². The van der Waals surface area contributed by atoms with E-state index in [2.05, 4.69) is 109 Å². The second-order valence-electron chi connectivity index (χ2n) is 20.1. The molecule has 1 nitrogen and oxygen atoms in total. The van der Waals surface area contributed by atoms with E-state index in [9.17, 15) is 0 Å². The van der Waals surface area contributed by atoms with Crippen LogP contribution in [0.3, 0.4) is 0 Å². The first-order valence-corrected chi connectivity index (χ1v) is 21.2. The molecule has 282 valence electrons. The van der Waals surface area contributed by atoms with Gasteiger partial charge in [-0.15, -0.1) is 0 Å². The van der Waals surface area contributed by atoms with E-state index < -0.39 is 0 Å². The van der Waals surface area contributed by atoms with Crippen molar-refractivity contribution in [3.63, 3.8) is 0 Å². The number of unbranched alkanes of at least 4 members (excludes halogenated alkanes) is 9. The number of nitrogens with two attached hydrogens (primary N) is 1. The van der Waals surface area contributed by atoms with E-state index in [1.54, 1.807) is 0 Å². The summed E-state index contributed by atoms with van der Waals surface area (Å²) in [5.41, 5.74) is 8.41. The molecule has 0 aliphatic rings. The van der Waals surface area contributed by atoms with E-state index in [0.29, 0.717) is 22.2 Å². The minimum atomic E-state index is -0.273. The third-order valence-electron chi connectivity index (χ3n) is 11.8. The van der Waals surface area contributed by atoms with Crippen molar-refractivity contribution in [2.24, 2.45) is 45.1 Å². The Labute approximate surface area is 300 Å². The lowest BCUT2D eigenvalue weighted by Gasteiger charge is -2.40. The molecule has 0 aromatic heterocycles. The van der Waals surface area contributed by atoms with Gasteiger partial charge in [0.1, 0.15) is 0 Å². The first-order valence-electron chi connectivity index (χ1n) is 21.2. The molecule has 4 unspecified atom stereocenters. The van der Waals surface area contributed by atoms with Gasteiger partial charge in [0.25, 0.3) is 0 Å². The molecule has 0 fully saturated rings. The first-order chi connectivity index (χ1) is 21.7. The van der Waals surface area contributed by atoms with Gasteiger partial charge in [0, 0.05) is 5.54 Å². The Bertz CT molecular complexity index is 781. The lowest BCUT2D eigenvalue weighted by atomic mass is 9.67. The van der Waals surface area contributed by atoms with Gasteiger partial charge in [-0.25, -0.2) is 0 Å². The van der Waals surface area contributed by atoms with Crippen LogP contribution >= 0.6 is 0 Å². The molecule has 0 aliphatic carbocycles. The zero-order valence-corrected chi connectivity index (χ0v) is 35.5. The summed E-state index contributed by atoms with van der Waals surface area (Å²) < 4.78 is 0. The number of rotatable bonds is 30. The molecule has 0 radical (unpaired) electrons. The van der Waals surface area contributed by atoms with Crippen molar-refractivity contribution in [2.75, 3.05) is 0 Å². The molecule has 0 saturated carbocycles. The Morgan fingerprint density at radius 2 is 1.04 bits per heavy atom. The third kappa shape index (κ3) is 23.7. The predicted octanol–water partition coefficient (Wildman–Crippen LogP) is 15.9. The van der Waals surface area contributed by atoms with Crippen molar-refractivity contribution in [3.8, 4) is 0 Å². The molecule has 0 aliphatic heterocycles. The molecular formula is C46H93N. The lowest BCUT2D eigenvalue weighted by molar-refractivity contribution is 0.139. The average Bonchev–Trinajstić information content (AvgIpc) is 2.93. The van der Waals surface area contributed by atoms with Crippen LogP contribution in [0, 0.1) is 39.4 Å². The smallest absolute Gasteiger partial charge is 0.0315 e. The fourth-order valence-corrected chi connectivity index (χ4v) is 9.43. The standard InChI is InChI=1S/C46H93N/c1-15-19-21-23-25-27-29-41(28-26-24-22-20-16-2)45(12,13)38-46(14,47)34-32-40(31-30-39(5)35-42(6,7)18-4)36-44(10,11)37-43(8,9)33-17-3/h32,34,39-41H,15-31,33,35-38,47H2,1-14H3/b34-32-. The van der Waals surface area contributed by atoms with Gasteiger partial charge >= 0.3 is 0 Å². The van der Waals surface area contributed by atoms with Crippen molar-refractivity contribution in [1.82, 2.24) is 0 Å². The van der Waals surface area contributed by atoms with Gasteiger partial charge in [-0.2, -0.15) is 0 Å². The fourth-order valence-electron chi connectivity index (χ4n) is 9.43. The molecule has 4 atom stereocenters. The molecule has 0 spiro atoms. The largest absolute Gasteiger partial charge is 0.322 e. The monoisotopic (exact) mass is 660 g/mol. The van der Waals surface area contributed by atoms with Crippen LogP contribution in [-0.4, -0.2) is 5.54 Å². The average molecular weight is 660 g/mol. The van der Waals surface area contributed by atoms with E-state index in [1.165, 1.54) is 135 Å². The van der Waals surface area contributed by atoms with Crippen LogP contribution in [0.5, 0.6) is 0 Å². The zero-order valence-electron chi connectivity index (χ0n) is 35.5. The van der Waals surface area contributed by atoms with Gasteiger partial charge in [0.05, 0.1) is 0 Å². The van der Waals surface area contributed by atoms with Crippen LogP contribution in [0.1, 0.15) is 238 Å². The second-order valence-corrected chi connectivity index (χ2v) is 20.1. The molecule has 0 aromatic carbocycles. The SMILES string of the molecule is CCCCCCCCC(CCCCCCC)C(C)(C)CC(C)(N)/C=C\C(CCC(C)CC(C)(C)CC)CC(C)(C)CC(C)(C)CCC. The van der Waals surface area contributed by atoms with Crippen molar-refractivity contribution < 1.29 is 0 Å². The van der Waals surface area contributed by atoms with Crippen LogP contribution in [0.2, 0.25) is 0 Å². The number of hydrogen-bond acceptors (Lipinski definition) is 1. The summed E-state index contributed by atoms with van der Waals surface area (Å²) in [7, 11) is 0. The lowest BCUT2D eigenvalue weighted by Crippen LogP contribution is -2.41. The number of hydrogen-bond donors (Lipinski definition) is 1. The molecule has 0 saturated heterocycles.